The molecule has 0 N–H and O–H groups in total. The lowest BCUT2D eigenvalue weighted by atomic mass is 10.1. The van der Waals surface area contributed by atoms with E-state index < -0.39 is 9.84 Å². The third kappa shape index (κ3) is 4.15. The van der Waals surface area contributed by atoms with Gasteiger partial charge in [-0.3, -0.25) is 4.90 Å². The second-order valence-electron chi connectivity index (χ2n) is 7.21. The van der Waals surface area contributed by atoms with E-state index in [4.69, 9.17) is 0 Å². The molecule has 28 heavy (non-hydrogen) atoms. The largest absolute Gasteiger partial charge is 0.353 e. The average Bonchev–Trinajstić information content (AvgIpc) is 2.72. The molecule has 1 aliphatic heterocycles. The Kier molecular flexibility index (Phi) is 5.28. The van der Waals surface area contributed by atoms with Gasteiger partial charge in [0, 0.05) is 44.4 Å². The number of hydrogen-bond acceptors (Lipinski definition) is 6. The maximum atomic E-state index is 11.9. The number of rotatable bonds is 5. The number of anilines is 1. The van der Waals surface area contributed by atoms with Crippen molar-refractivity contribution in [2.45, 2.75) is 11.3 Å². The lowest BCUT2D eigenvalue weighted by Gasteiger charge is -2.35. The van der Waals surface area contributed by atoms with Crippen molar-refractivity contribution >= 4 is 26.6 Å². The average molecular weight is 397 g/mol. The molecule has 4 rings (SSSR count). The van der Waals surface area contributed by atoms with Crippen molar-refractivity contribution in [1.29, 1.82) is 0 Å². The quantitative estimate of drug-likeness (QED) is 0.660. The van der Waals surface area contributed by atoms with Gasteiger partial charge in [0.1, 0.15) is 12.1 Å². The van der Waals surface area contributed by atoms with Crippen LogP contribution in [0.2, 0.25) is 0 Å². The normalized spacial score (nSPS) is 15.8. The molecule has 0 saturated carbocycles. The lowest BCUT2D eigenvalue weighted by molar-refractivity contribution is 0.260. The number of fused-ring (bicyclic) bond motifs is 1. The second-order valence-corrected chi connectivity index (χ2v) is 9.23. The van der Waals surface area contributed by atoms with E-state index in [9.17, 15) is 8.42 Å². The highest BCUT2D eigenvalue weighted by molar-refractivity contribution is 7.90. The van der Waals surface area contributed by atoms with E-state index in [0.29, 0.717) is 4.90 Å². The van der Waals surface area contributed by atoms with Crippen molar-refractivity contribution in [3.63, 3.8) is 0 Å². The first kappa shape index (κ1) is 18.8. The monoisotopic (exact) mass is 396 g/mol. The van der Waals surface area contributed by atoms with E-state index in [0.717, 1.165) is 55.9 Å². The Morgan fingerprint density at radius 1 is 0.964 bits per heavy atom. The Morgan fingerprint density at radius 2 is 1.71 bits per heavy atom. The Hall–Kier alpha value is -2.51. The topological polar surface area (TPSA) is 66.4 Å². The molecule has 0 amide bonds. The van der Waals surface area contributed by atoms with E-state index in [1.54, 1.807) is 24.5 Å². The zero-order chi connectivity index (χ0) is 19.6. The Balaban J connectivity index is 1.47. The Labute approximate surface area is 165 Å². The van der Waals surface area contributed by atoms with Crippen molar-refractivity contribution < 1.29 is 8.42 Å². The van der Waals surface area contributed by atoms with Gasteiger partial charge in [-0.15, -0.1) is 0 Å². The zero-order valence-electron chi connectivity index (χ0n) is 16.0. The van der Waals surface area contributed by atoms with Crippen molar-refractivity contribution in [3.05, 3.63) is 60.4 Å². The highest BCUT2D eigenvalue weighted by Gasteiger charge is 2.20. The number of hydrogen-bond donors (Lipinski definition) is 0. The molecular formula is C21H24N4O2S. The van der Waals surface area contributed by atoms with Gasteiger partial charge < -0.3 is 4.90 Å². The molecule has 1 saturated heterocycles. The van der Waals surface area contributed by atoms with E-state index in [1.165, 1.54) is 11.8 Å². The molecule has 1 fully saturated rings. The van der Waals surface area contributed by atoms with Gasteiger partial charge in [0.05, 0.1) is 10.4 Å². The van der Waals surface area contributed by atoms with Gasteiger partial charge in [-0.1, -0.05) is 30.3 Å². The summed E-state index contributed by atoms with van der Waals surface area (Å²) in [5.41, 5.74) is 2.13. The Bertz CT molecular complexity index is 1060. The molecule has 6 nitrogen and oxygen atoms in total. The van der Waals surface area contributed by atoms with Crippen LogP contribution >= 0.6 is 0 Å². The van der Waals surface area contributed by atoms with Crippen molar-refractivity contribution in [1.82, 2.24) is 14.9 Å². The molecule has 0 aliphatic carbocycles. The van der Waals surface area contributed by atoms with Crippen LogP contribution in [0.3, 0.4) is 0 Å². The van der Waals surface area contributed by atoms with Crippen molar-refractivity contribution in [3.8, 4) is 0 Å². The summed E-state index contributed by atoms with van der Waals surface area (Å²) in [6.07, 6.45) is 3.83. The Morgan fingerprint density at radius 3 is 2.43 bits per heavy atom. The summed E-state index contributed by atoms with van der Waals surface area (Å²) in [4.78, 5) is 13.8. The fourth-order valence-electron chi connectivity index (χ4n) is 3.62. The first-order valence-electron chi connectivity index (χ1n) is 9.47. The SMILES string of the molecule is CS(=O)(=O)c1ccc2ncnc(N3CCN(CCc4ccccc4)CC3)c2c1. The van der Waals surface area contributed by atoms with Crippen LogP contribution in [0.15, 0.2) is 59.8 Å². The molecule has 1 aromatic heterocycles. The molecule has 0 unspecified atom stereocenters. The summed E-state index contributed by atoms with van der Waals surface area (Å²) < 4.78 is 23.9. The highest BCUT2D eigenvalue weighted by atomic mass is 32.2. The molecule has 7 heteroatoms. The van der Waals surface area contributed by atoms with E-state index in [1.807, 2.05) is 6.07 Å². The maximum absolute atomic E-state index is 11.9. The van der Waals surface area contributed by atoms with Crippen LogP contribution in [-0.4, -0.2) is 62.3 Å². The first-order valence-corrected chi connectivity index (χ1v) is 11.4. The molecule has 0 bridgehead atoms. The smallest absolute Gasteiger partial charge is 0.175 e. The summed E-state index contributed by atoms with van der Waals surface area (Å²) in [6.45, 7) is 4.70. The van der Waals surface area contributed by atoms with Crippen LogP contribution in [0.4, 0.5) is 5.82 Å². The van der Waals surface area contributed by atoms with Crippen molar-refractivity contribution in [2.24, 2.45) is 0 Å². The number of sulfone groups is 1. The molecule has 1 aliphatic rings. The number of aromatic nitrogens is 2. The van der Waals surface area contributed by atoms with Crippen LogP contribution < -0.4 is 4.90 Å². The molecular weight excluding hydrogens is 372 g/mol. The second kappa shape index (κ2) is 7.85. The number of piperazine rings is 1. The van der Waals surface area contributed by atoms with Gasteiger partial charge >= 0.3 is 0 Å². The molecule has 2 aromatic carbocycles. The molecule has 0 radical (unpaired) electrons. The summed E-state index contributed by atoms with van der Waals surface area (Å²) in [6, 6.07) is 15.6. The maximum Gasteiger partial charge on any atom is 0.175 e. The molecule has 0 atom stereocenters. The number of nitrogens with zero attached hydrogens (tertiary/aromatic N) is 4. The van der Waals surface area contributed by atoms with Crippen LogP contribution in [0.1, 0.15) is 5.56 Å². The predicted molar refractivity (Wildman–Crippen MR) is 111 cm³/mol. The van der Waals surface area contributed by atoms with Crippen LogP contribution in [0.5, 0.6) is 0 Å². The minimum Gasteiger partial charge on any atom is -0.353 e. The number of benzene rings is 2. The minimum atomic E-state index is -3.27. The van der Waals surface area contributed by atoms with E-state index in [2.05, 4.69) is 44.0 Å². The van der Waals surface area contributed by atoms with Gasteiger partial charge in [0.25, 0.3) is 0 Å². The first-order chi connectivity index (χ1) is 13.5. The van der Waals surface area contributed by atoms with Gasteiger partial charge in [-0.25, -0.2) is 18.4 Å². The van der Waals surface area contributed by atoms with Crippen LogP contribution in [0, 0.1) is 0 Å². The summed E-state index contributed by atoms with van der Waals surface area (Å²) in [7, 11) is -3.27. The summed E-state index contributed by atoms with van der Waals surface area (Å²) in [5.74, 6) is 0.818. The molecule has 2 heterocycles. The van der Waals surface area contributed by atoms with Gasteiger partial charge in [0.2, 0.25) is 0 Å². The third-order valence-electron chi connectivity index (χ3n) is 5.25. The van der Waals surface area contributed by atoms with E-state index >= 15 is 0 Å². The lowest BCUT2D eigenvalue weighted by Crippen LogP contribution is -2.47. The van der Waals surface area contributed by atoms with Crippen molar-refractivity contribution in [2.75, 3.05) is 43.9 Å². The fourth-order valence-corrected chi connectivity index (χ4v) is 4.27. The zero-order valence-corrected chi connectivity index (χ0v) is 16.8. The van der Waals surface area contributed by atoms with Gasteiger partial charge in [-0.2, -0.15) is 0 Å². The minimum absolute atomic E-state index is 0.303. The molecule has 3 aromatic rings. The summed E-state index contributed by atoms with van der Waals surface area (Å²) in [5, 5.41) is 0.795. The third-order valence-corrected chi connectivity index (χ3v) is 6.36. The van der Waals surface area contributed by atoms with Crippen LogP contribution in [0.25, 0.3) is 10.9 Å². The van der Waals surface area contributed by atoms with Gasteiger partial charge in [0.15, 0.2) is 9.84 Å². The van der Waals surface area contributed by atoms with E-state index in [-0.39, 0.29) is 0 Å². The standard InChI is InChI=1S/C21H24N4O2S/c1-28(26,27)18-7-8-20-19(15-18)21(23-16-22-20)25-13-11-24(12-14-25)10-9-17-5-3-2-4-6-17/h2-8,15-16H,9-14H2,1H3. The molecule has 0 spiro atoms. The van der Waals surface area contributed by atoms with Crippen LogP contribution in [-0.2, 0) is 16.3 Å². The van der Waals surface area contributed by atoms with Gasteiger partial charge in [-0.05, 0) is 30.2 Å². The summed E-state index contributed by atoms with van der Waals surface area (Å²) >= 11 is 0. The predicted octanol–water partition coefficient (Wildman–Crippen LogP) is 2.40. The fraction of sp³-hybridized carbons (Fsp3) is 0.333. The molecule has 146 valence electrons. The highest BCUT2D eigenvalue weighted by Crippen LogP contribution is 2.26.